The lowest BCUT2D eigenvalue weighted by Crippen LogP contribution is -2.07. The summed E-state index contributed by atoms with van der Waals surface area (Å²) in [5.41, 5.74) is 2.35. The fraction of sp³-hybridized carbons (Fsp3) is 0.500. The van der Waals surface area contributed by atoms with Gasteiger partial charge in [0.2, 0.25) is 0 Å². The third-order valence-electron chi connectivity index (χ3n) is 2.42. The summed E-state index contributed by atoms with van der Waals surface area (Å²) in [4.78, 5) is 11.1. The van der Waals surface area contributed by atoms with Crippen LogP contribution >= 0.6 is 0 Å². The van der Waals surface area contributed by atoms with Crippen LogP contribution in [0.25, 0.3) is 0 Å². The highest BCUT2D eigenvalue weighted by Crippen LogP contribution is 2.18. The predicted molar refractivity (Wildman–Crippen MR) is 67.3 cm³/mol. The van der Waals surface area contributed by atoms with Crippen LogP contribution in [-0.2, 0) is 9.53 Å². The summed E-state index contributed by atoms with van der Waals surface area (Å²) < 4.78 is 10.5. The number of benzene rings is 1. The van der Waals surface area contributed by atoms with Crippen molar-refractivity contribution in [2.75, 3.05) is 13.2 Å². The third-order valence-corrected chi connectivity index (χ3v) is 2.42. The zero-order valence-corrected chi connectivity index (χ0v) is 10.8. The number of ether oxygens (including phenoxy) is 2. The van der Waals surface area contributed by atoms with Gasteiger partial charge in [-0.2, -0.15) is 0 Å². The number of esters is 1. The molecule has 0 aliphatic carbocycles. The molecule has 0 spiro atoms. The second kappa shape index (κ2) is 6.94. The molecule has 0 unspecified atom stereocenters. The van der Waals surface area contributed by atoms with Gasteiger partial charge in [0.05, 0.1) is 13.2 Å². The molecule has 0 atom stereocenters. The molecule has 3 nitrogen and oxygen atoms in total. The molecule has 0 bridgehead atoms. The molecule has 1 aromatic carbocycles. The Labute approximate surface area is 103 Å². The van der Waals surface area contributed by atoms with Crippen molar-refractivity contribution in [3.63, 3.8) is 0 Å². The van der Waals surface area contributed by atoms with E-state index in [0.29, 0.717) is 26.1 Å². The Balaban J connectivity index is 2.29. The Hall–Kier alpha value is -1.51. The molecule has 0 radical (unpaired) electrons. The molecule has 0 aliphatic rings. The molecule has 0 aliphatic heterocycles. The highest BCUT2D eigenvalue weighted by atomic mass is 16.5. The normalized spacial score (nSPS) is 10.1. The monoisotopic (exact) mass is 236 g/mol. The first-order chi connectivity index (χ1) is 8.13. The summed E-state index contributed by atoms with van der Waals surface area (Å²) in [5.74, 6) is 0.733. The second-order valence-electron chi connectivity index (χ2n) is 4.03. The number of rotatable bonds is 6. The van der Waals surface area contributed by atoms with E-state index in [1.54, 1.807) is 0 Å². The van der Waals surface area contributed by atoms with Gasteiger partial charge in [-0.25, -0.2) is 0 Å². The molecule has 3 heteroatoms. The zero-order valence-electron chi connectivity index (χ0n) is 10.8. The Morgan fingerprint density at radius 3 is 2.71 bits per heavy atom. The van der Waals surface area contributed by atoms with Gasteiger partial charge >= 0.3 is 5.97 Å². The number of aryl methyl sites for hydroxylation is 2. The largest absolute Gasteiger partial charge is 0.493 e. The Morgan fingerprint density at radius 2 is 2.06 bits per heavy atom. The first kappa shape index (κ1) is 13.6. The standard InChI is InChI=1S/C14H20O3/c1-4-16-14(15)6-5-9-17-13-8-7-11(2)10-12(13)3/h7-8,10H,4-6,9H2,1-3H3. The summed E-state index contributed by atoms with van der Waals surface area (Å²) in [6.07, 6.45) is 1.10. The van der Waals surface area contributed by atoms with Gasteiger partial charge in [-0.05, 0) is 38.8 Å². The maximum atomic E-state index is 11.1. The van der Waals surface area contributed by atoms with Crippen LogP contribution in [-0.4, -0.2) is 19.2 Å². The fourth-order valence-corrected chi connectivity index (χ4v) is 1.59. The zero-order chi connectivity index (χ0) is 12.7. The maximum Gasteiger partial charge on any atom is 0.305 e. The summed E-state index contributed by atoms with van der Waals surface area (Å²) in [5, 5.41) is 0. The lowest BCUT2D eigenvalue weighted by atomic mass is 10.1. The maximum absolute atomic E-state index is 11.1. The van der Waals surface area contributed by atoms with Crippen molar-refractivity contribution < 1.29 is 14.3 Å². The van der Waals surface area contributed by atoms with Crippen LogP contribution < -0.4 is 4.74 Å². The van der Waals surface area contributed by atoms with Crippen molar-refractivity contribution >= 4 is 5.97 Å². The molecule has 0 aromatic heterocycles. The van der Waals surface area contributed by atoms with E-state index in [1.807, 2.05) is 26.0 Å². The summed E-state index contributed by atoms with van der Waals surface area (Å²) in [6.45, 7) is 6.87. The molecule has 1 rings (SSSR count). The van der Waals surface area contributed by atoms with Gasteiger partial charge in [0.25, 0.3) is 0 Å². The molecule has 0 N–H and O–H groups in total. The number of carbonyl (C=O) groups is 1. The van der Waals surface area contributed by atoms with E-state index in [2.05, 4.69) is 13.0 Å². The number of carbonyl (C=O) groups excluding carboxylic acids is 1. The minimum atomic E-state index is -0.156. The van der Waals surface area contributed by atoms with Crippen molar-refractivity contribution in [2.24, 2.45) is 0 Å². The molecule has 0 fully saturated rings. The average Bonchev–Trinajstić information content (AvgIpc) is 2.27. The van der Waals surface area contributed by atoms with E-state index in [9.17, 15) is 4.79 Å². The molecule has 1 aromatic rings. The van der Waals surface area contributed by atoms with Crippen molar-refractivity contribution in [1.29, 1.82) is 0 Å². The molecule has 0 saturated carbocycles. The average molecular weight is 236 g/mol. The molecule has 17 heavy (non-hydrogen) atoms. The van der Waals surface area contributed by atoms with Gasteiger partial charge in [-0.15, -0.1) is 0 Å². The van der Waals surface area contributed by atoms with E-state index >= 15 is 0 Å². The minimum absolute atomic E-state index is 0.156. The van der Waals surface area contributed by atoms with Gasteiger partial charge in [0.15, 0.2) is 0 Å². The van der Waals surface area contributed by atoms with E-state index in [0.717, 1.165) is 11.3 Å². The molecule has 0 amide bonds. The van der Waals surface area contributed by atoms with Crippen molar-refractivity contribution in [2.45, 2.75) is 33.6 Å². The molecule has 0 heterocycles. The van der Waals surface area contributed by atoms with E-state index in [4.69, 9.17) is 9.47 Å². The van der Waals surface area contributed by atoms with Crippen molar-refractivity contribution in [3.05, 3.63) is 29.3 Å². The Kier molecular flexibility index (Phi) is 5.53. The predicted octanol–water partition coefficient (Wildman–Crippen LogP) is 3.03. The van der Waals surface area contributed by atoms with Gasteiger partial charge in [0, 0.05) is 6.42 Å². The number of hydrogen-bond donors (Lipinski definition) is 0. The molecule has 0 saturated heterocycles. The quantitative estimate of drug-likeness (QED) is 0.562. The minimum Gasteiger partial charge on any atom is -0.493 e. The van der Waals surface area contributed by atoms with Crippen molar-refractivity contribution in [3.8, 4) is 5.75 Å². The van der Waals surface area contributed by atoms with Gasteiger partial charge in [-0.3, -0.25) is 4.79 Å². The Bertz CT molecular complexity index is 372. The highest BCUT2D eigenvalue weighted by molar-refractivity contribution is 5.69. The second-order valence-corrected chi connectivity index (χ2v) is 4.03. The van der Waals surface area contributed by atoms with Crippen LogP contribution in [0.1, 0.15) is 30.9 Å². The lowest BCUT2D eigenvalue weighted by Gasteiger charge is -2.09. The van der Waals surface area contributed by atoms with Crippen LogP contribution in [0.3, 0.4) is 0 Å². The lowest BCUT2D eigenvalue weighted by molar-refractivity contribution is -0.143. The fourth-order valence-electron chi connectivity index (χ4n) is 1.59. The topological polar surface area (TPSA) is 35.5 Å². The summed E-state index contributed by atoms with van der Waals surface area (Å²) in [7, 11) is 0. The highest BCUT2D eigenvalue weighted by Gasteiger charge is 2.03. The first-order valence-electron chi connectivity index (χ1n) is 5.99. The van der Waals surface area contributed by atoms with Crippen LogP contribution in [0.2, 0.25) is 0 Å². The van der Waals surface area contributed by atoms with E-state index < -0.39 is 0 Å². The van der Waals surface area contributed by atoms with Crippen LogP contribution in [0.4, 0.5) is 0 Å². The number of hydrogen-bond acceptors (Lipinski definition) is 3. The first-order valence-corrected chi connectivity index (χ1v) is 5.99. The summed E-state index contributed by atoms with van der Waals surface area (Å²) >= 11 is 0. The Morgan fingerprint density at radius 1 is 1.29 bits per heavy atom. The van der Waals surface area contributed by atoms with Gasteiger partial charge in [-0.1, -0.05) is 17.7 Å². The van der Waals surface area contributed by atoms with Crippen LogP contribution in [0.5, 0.6) is 5.75 Å². The molecule has 94 valence electrons. The van der Waals surface area contributed by atoms with Crippen molar-refractivity contribution in [1.82, 2.24) is 0 Å². The third kappa shape index (κ3) is 4.89. The SMILES string of the molecule is CCOC(=O)CCCOc1ccc(C)cc1C. The van der Waals surface area contributed by atoms with Gasteiger partial charge in [0.1, 0.15) is 5.75 Å². The summed E-state index contributed by atoms with van der Waals surface area (Å²) in [6, 6.07) is 6.07. The molecular weight excluding hydrogens is 216 g/mol. The van der Waals surface area contributed by atoms with Crippen LogP contribution in [0.15, 0.2) is 18.2 Å². The smallest absolute Gasteiger partial charge is 0.305 e. The van der Waals surface area contributed by atoms with E-state index in [-0.39, 0.29) is 5.97 Å². The molecular formula is C14H20O3. The van der Waals surface area contributed by atoms with E-state index in [1.165, 1.54) is 5.56 Å². The van der Waals surface area contributed by atoms with Gasteiger partial charge < -0.3 is 9.47 Å². The van der Waals surface area contributed by atoms with Crippen LogP contribution in [0, 0.1) is 13.8 Å².